The second-order valence-electron chi connectivity index (χ2n) is 6.13. The normalized spacial score (nSPS) is 23.0. The fourth-order valence-electron chi connectivity index (χ4n) is 3.34. The van der Waals surface area contributed by atoms with E-state index in [1.165, 1.54) is 6.42 Å². The quantitative estimate of drug-likeness (QED) is 0.861. The molecule has 5 heteroatoms. The molecule has 1 aromatic heterocycles. The highest BCUT2D eigenvalue weighted by Crippen LogP contribution is 2.25. The largest absolute Gasteiger partial charge is 0.356 e. The van der Waals surface area contributed by atoms with Crippen molar-refractivity contribution < 1.29 is 4.79 Å². The molecule has 114 valence electrons. The number of aryl methyl sites for hydroxylation is 1. The summed E-state index contributed by atoms with van der Waals surface area (Å²) in [6.07, 6.45) is 4.12. The van der Waals surface area contributed by atoms with Crippen LogP contribution in [-0.4, -0.2) is 42.0 Å². The Balaban J connectivity index is 1.64. The van der Waals surface area contributed by atoms with Crippen molar-refractivity contribution in [2.45, 2.75) is 32.6 Å². The van der Waals surface area contributed by atoms with Gasteiger partial charge >= 0.3 is 0 Å². The summed E-state index contributed by atoms with van der Waals surface area (Å²) in [7, 11) is 0. The number of hydrogen-bond donors (Lipinski definition) is 0. The summed E-state index contributed by atoms with van der Waals surface area (Å²) >= 11 is 6.05. The predicted octanol–water partition coefficient (Wildman–Crippen LogP) is 2.88. The lowest BCUT2D eigenvalue weighted by molar-refractivity contribution is -0.128. The summed E-state index contributed by atoms with van der Waals surface area (Å²) in [6, 6.07) is 3.92. The van der Waals surface area contributed by atoms with E-state index >= 15 is 0 Å². The Hall–Kier alpha value is -1.29. The molecule has 0 aliphatic carbocycles. The van der Waals surface area contributed by atoms with E-state index in [0.717, 1.165) is 62.0 Å². The van der Waals surface area contributed by atoms with Gasteiger partial charge in [-0.25, -0.2) is 4.98 Å². The Bertz CT molecular complexity index is 534. The van der Waals surface area contributed by atoms with Crippen LogP contribution in [0.15, 0.2) is 12.1 Å². The lowest BCUT2D eigenvalue weighted by atomic mass is 9.97. The summed E-state index contributed by atoms with van der Waals surface area (Å²) in [4.78, 5) is 20.7. The number of anilines is 1. The Morgan fingerprint density at radius 3 is 2.90 bits per heavy atom. The summed E-state index contributed by atoms with van der Waals surface area (Å²) in [5.41, 5.74) is 0.881. The van der Waals surface area contributed by atoms with E-state index in [2.05, 4.69) is 9.88 Å². The third-order valence-corrected chi connectivity index (χ3v) is 4.90. The molecule has 2 aliphatic rings. The summed E-state index contributed by atoms with van der Waals surface area (Å²) < 4.78 is 0. The number of carbonyl (C=O) groups is 1. The van der Waals surface area contributed by atoms with E-state index in [9.17, 15) is 4.79 Å². The van der Waals surface area contributed by atoms with Crippen molar-refractivity contribution in [3.05, 3.63) is 22.8 Å². The second kappa shape index (κ2) is 6.22. The molecule has 0 aromatic carbocycles. The minimum atomic E-state index is 0.326. The highest BCUT2D eigenvalue weighted by molar-refractivity contribution is 6.31. The van der Waals surface area contributed by atoms with Gasteiger partial charge in [0.1, 0.15) is 5.82 Å². The molecule has 4 nitrogen and oxygen atoms in total. The van der Waals surface area contributed by atoms with Crippen LogP contribution >= 0.6 is 11.6 Å². The molecule has 0 bridgehead atoms. The van der Waals surface area contributed by atoms with Gasteiger partial charge in [-0.15, -0.1) is 0 Å². The molecule has 1 atom stereocenters. The van der Waals surface area contributed by atoms with Crippen LogP contribution in [0, 0.1) is 12.8 Å². The molecule has 0 N–H and O–H groups in total. The second-order valence-corrected chi connectivity index (χ2v) is 6.54. The van der Waals surface area contributed by atoms with Crippen LogP contribution in [0.4, 0.5) is 5.82 Å². The number of pyridine rings is 1. The highest BCUT2D eigenvalue weighted by Gasteiger charge is 2.27. The number of amides is 1. The molecule has 0 radical (unpaired) electrons. The minimum Gasteiger partial charge on any atom is -0.356 e. The number of halogens is 1. The zero-order valence-electron chi connectivity index (χ0n) is 12.5. The van der Waals surface area contributed by atoms with Gasteiger partial charge in [0, 0.05) is 32.6 Å². The standard InChI is InChI=1S/C16H22ClN3O/c1-12-14(17)6-7-15(18-12)19-8-2-4-13(10-19)11-20-9-3-5-16(20)21/h6-7,13H,2-5,8-11H2,1H3. The van der Waals surface area contributed by atoms with Crippen LogP contribution in [-0.2, 0) is 4.79 Å². The van der Waals surface area contributed by atoms with Gasteiger partial charge in [0.25, 0.3) is 0 Å². The number of likely N-dealkylation sites (tertiary alicyclic amines) is 1. The van der Waals surface area contributed by atoms with Crippen LogP contribution in [0.3, 0.4) is 0 Å². The van der Waals surface area contributed by atoms with Crippen molar-refractivity contribution in [1.82, 2.24) is 9.88 Å². The molecule has 1 aromatic rings. The first kappa shape index (κ1) is 14.6. The van der Waals surface area contributed by atoms with Gasteiger partial charge in [0.15, 0.2) is 0 Å². The van der Waals surface area contributed by atoms with Gasteiger partial charge in [-0.2, -0.15) is 0 Å². The van der Waals surface area contributed by atoms with Crippen LogP contribution in [0.25, 0.3) is 0 Å². The molecule has 2 aliphatic heterocycles. The zero-order valence-corrected chi connectivity index (χ0v) is 13.3. The molecule has 2 saturated heterocycles. The molecular formula is C16H22ClN3O. The zero-order chi connectivity index (χ0) is 14.8. The van der Waals surface area contributed by atoms with Gasteiger partial charge in [-0.05, 0) is 44.2 Å². The molecular weight excluding hydrogens is 286 g/mol. The fraction of sp³-hybridized carbons (Fsp3) is 0.625. The van der Waals surface area contributed by atoms with Crippen LogP contribution in [0.5, 0.6) is 0 Å². The molecule has 1 unspecified atom stereocenters. The fourth-order valence-corrected chi connectivity index (χ4v) is 3.44. The van der Waals surface area contributed by atoms with Gasteiger partial charge in [-0.3, -0.25) is 4.79 Å². The molecule has 3 heterocycles. The average Bonchev–Trinajstić information content (AvgIpc) is 2.88. The maximum absolute atomic E-state index is 11.8. The topological polar surface area (TPSA) is 36.4 Å². The lowest BCUT2D eigenvalue weighted by Gasteiger charge is -2.35. The van der Waals surface area contributed by atoms with Crippen molar-refractivity contribution in [1.29, 1.82) is 0 Å². The van der Waals surface area contributed by atoms with E-state index < -0.39 is 0 Å². The van der Waals surface area contributed by atoms with Gasteiger partial charge < -0.3 is 9.80 Å². The Kier molecular flexibility index (Phi) is 4.34. The molecule has 0 saturated carbocycles. The van der Waals surface area contributed by atoms with E-state index in [0.29, 0.717) is 11.8 Å². The van der Waals surface area contributed by atoms with Gasteiger partial charge in [-0.1, -0.05) is 11.6 Å². The molecule has 0 spiro atoms. The Morgan fingerprint density at radius 1 is 1.33 bits per heavy atom. The smallest absolute Gasteiger partial charge is 0.222 e. The molecule has 1 amide bonds. The van der Waals surface area contributed by atoms with E-state index in [1.807, 2.05) is 24.0 Å². The Morgan fingerprint density at radius 2 is 2.19 bits per heavy atom. The van der Waals surface area contributed by atoms with Gasteiger partial charge in [0.2, 0.25) is 5.91 Å². The highest BCUT2D eigenvalue weighted by atomic mass is 35.5. The number of aromatic nitrogens is 1. The molecule has 2 fully saturated rings. The first-order chi connectivity index (χ1) is 10.1. The average molecular weight is 308 g/mol. The van der Waals surface area contributed by atoms with E-state index in [-0.39, 0.29) is 0 Å². The maximum atomic E-state index is 11.8. The van der Waals surface area contributed by atoms with Crippen molar-refractivity contribution in [3.63, 3.8) is 0 Å². The van der Waals surface area contributed by atoms with Crippen molar-refractivity contribution in [2.24, 2.45) is 5.92 Å². The van der Waals surface area contributed by atoms with Crippen LogP contribution in [0.1, 0.15) is 31.4 Å². The summed E-state index contributed by atoms with van der Waals surface area (Å²) in [5.74, 6) is 1.89. The van der Waals surface area contributed by atoms with Crippen molar-refractivity contribution in [3.8, 4) is 0 Å². The first-order valence-electron chi connectivity index (χ1n) is 7.79. The monoisotopic (exact) mass is 307 g/mol. The third-order valence-electron chi connectivity index (χ3n) is 4.50. The molecule has 3 rings (SSSR count). The molecule has 21 heavy (non-hydrogen) atoms. The Labute approximate surface area is 131 Å². The third kappa shape index (κ3) is 3.31. The van der Waals surface area contributed by atoms with Crippen molar-refractivity contribution >= 4 is 23.3 Å². The van der Waals surface area contributed by atoms with Crippen molar-refractivity contribution in [2.75, 3.05) is 31.1 Å². The van der Waals surface area contributed by atoms with E-state index in [1.54, 1.807) is 0 Å². The summed E-state index contributed by atoms with van der Waals surface area (Å²) in [6.45, 7) is 5.81. The predicted molar refractivity (Wildman–Crippen MR) is 84.7 cm³/mol. The van der Waals surface area contributed by atoms with Gasteiger partial charge in [0.05, 0.1) is 10.7 Å². The number of nitrogens with zero attached hydrogens (tertiary/aromatic N) is 3. The number of piperidine rings is 1. The SMILES string of the molecule is Cc1nc(N2CCCC(CN3CCCC3=O)C2)ccc1Cl. The minimum absolute atomic E-state index is 0.326. The maximum Gasteiger partial charge on any atom is 0.222 e. The number of hydrogen-bond acceptors (Lipinski definition) is 3. The summed E-state index contributed by atoms with van der Waals surface area (Å²) in [5, 5.41) is 0.718. The first-order valence-corrected chi connectivity index (χ1v) is 8.17. The lowest BCUT2D eigenvalue weighted by Crippen LogP contribution is -2.41. The number of carbonyl (C=O) groups excluding carboxylic acids is 1. The van der Waals surface area contributed by atoms with Crippen LogP contribution < -0.4 is 4.90 Å². The number of rotatable bonds is 3. The van der Waals surface area contributed by atoms with E-state index in [4.69, 9.17) is 11.6 Å². The van der Waals surface area contributed by atoms with Crippen LogP contribution in [0.2, 0.25) is 5.02 Å².